The monoisotopic (exact) mass is 439 g/mol. The molecule has 2 aromatic carbocycles. The Hall–Kier alpha value is -2.57. The lowest BCUT2D eigenvalue weighted by molar-refractivity contribution is -0.121. The van der Waals surface area contributed by atoms with Crippen molar-refractivity contribution in [3.05, 3.63) is 76.7 Å². The minimum absolute atomic E-state index is 0.0835. The minimum Gasteiger partial charge on any atom is -0.493 e. The number of hydrogen-bond acceptors (Lipinski definition) is 5. The summed E-state index contributed by atoms with van der Waals surface area (Å²) in [5.74, 6) is 1.59. The molecule has 0 unspecified atom stereocenters. The highest BCUT2D eigenvalue weighted by molar-refractivity contribution is 8.26. The second kappa shape index (κ2) is 10.5. The van der Waals surface area contributed by atoms with Gasteiger partial charge in [-0.15, -0.1) is 6.58 Å². The van der Waals surface area contributed by atoms with Gasteiger partial charge >= 0.3 is 0 Å². The predicted octanol–water partition coefficient (Wildman–Crippen LogP) is 5.54. The van der Waals surface area contributed by atoms with Crippen molar-refractivity contribution in [3.63, 3.8) is 0 Å². The topological polar surface area (TPSA) is 38.8 Å². The van der Waals surface area contributed by atoms with Gasteiger partial charge in [0.2, 0.25) is 0 Å². The Morgan fingerprint density at radius 1 is 1.13 bits per heavy atom. The molecule has 1 aliphatic rings. The maximum atomic E-state index is 12.5. The van der Waals surface area contributed by atoms with E-state index in [1.54, 1.807) is 11.0 Å². The molecule has 0 saturated carbocycles. The van der Waals surface area contributed by atoms with E-state index in [-0.39, 0.29) is 5.91 Å². The zero-order chi connectivity index (χ0) is 21.5. The molecule has 0 aromatic heterocycles. The van der Waals surface area contributed by atoms with Crippen LogP contribution in [-0.4, -0.2) is 34.9 Å². The van der Waals surface area contributed by atoms with Gasteiger partial charge in [-0.3, -0.25) is 9.69 Å². The third-order valence-corrected chi connectivity index (χ3v) is 5.86. The molecule has 0 bridgehead atoms. The van der Waals surface area contributed by atoms with Crippen LogP contribution in [0.4, 0.5) is 0 Å². The van der Waals surface area contributed by atoms with Crippen LogP contribution in [-0.2, 0) is 4.79 Å². The molecule has 6 heteroatoms. The molecule has 2 aromatic rings. The number of amides is 1. The maximum absolute atomic E-state index is 12.5. The van der Waals surface area contributed by atoms with Gasteiger partial charge < -0.3 is 9.47 Å². The van der Waals surface area contributed by atoms with Crippen LogP contribution in [0.2, 0.25) is 0 Å². The minimum atomic E-state index is -0.0835. The molecule has 0 N–H and O–H groups in total. The molecule has 156 valence electrons. The quantitative estimate of drug-likeness (QED) is 0.222. The van der Waals surface area contributed by atoms with Crippen molar-refractivity contribution in [2.45, 2.75) is 20.3 Å². The van der Waals surface area contributed by atoms with Crippen molar-refractivity contribution in [1.82, 2.24) is 4.90 Å². The van der Waals surface area contributed by atoms with Crippen molar-refractivity contribution in [3.8, 4) is 11.5 Å². The van der Waals surface area contributed by atoms with E-state index in [9.17, 15) is 4.79 Å². The molecule has 4 nitrogen and oxygen atoms in total. The molecule has 1 fully saturated rings. The highest BCUT2D eigenvalue weighted by Crippen LogP contribution is 2.32. The Balaban J connectivity index is 1.51. The fourth-order valence-corrected chi connectivity index (χ4v) is 4.30. The van der Waals surface area contributed by atoms with Gasteiger partial charge in [0.15, 0.2) is 0 Å². The first-order valence-corrected chi connectivity index (χ1v) is 11.0. The lowest BCUT2D eigenvalue weighted by atomic mass is 10.1. The number of benzene rings is 2. The summed E-state index contributed by atoms with van der Waals surface area (Å²) < 4.78 is 12.3. The molecular weight excluding hydrogens is 414 g/mol. The Kier molecular flexibility index (Phi) is 7.71. The first-order chi connectivity index (χ1) is 14.5. The van der Waals surface area contributed by atoms with Crippen LogP contribution >= 0.6 is 24.0 Å². The predicted molar refractivity (Wildman–Crippen MR) is 128 cm³/mol. The van der Waals surface area contributed by atoms with Gasteiger partial charge in [-0.05, 0) is 49.2 Å². The first-order valence-electron chi connectivity index (χ1n) is 9.77. The molecule has 3 rings (SSSR count). The normalized spacial score (nSPS) is 15.0. The molecule has 0 aliphatic carbocycles. The van der Waals surface area contributed by atoms with E-state index in [0.29, 0.717) is 29.0 Å². The summed E-state index contributed by atoms with van der Waals surface area (Å²) in [5, 5.41) is 0. The largest absolute Gasteiger partial charge is 0.493 e. The lowest BCUT2D eigenvalue weighted by Crippen LogP contribution is -2.27. The van der Waals surface area contributed by atoms with E-state index in [1.165, 1.54) is 17.3 Å². The SMILES string of the molecule is C=CCN1C(=O)/C(=C\c2cccc(OCCCOc3ccc(C)cc3C)c2)SC1=S. The standard InChI is InChI=1S/C24H25NO3S2/c1-4-11-25-23(26)22(30-24(25)29)16-19-7-5-8-20(15-19)27-12-6-13-28-21-10-9-17(2)14-18(21)3/h4-5,7-10,14-16H,1,6,11-13H2,2-3H3/b22-16+. The van der Waals surface area contributed by atoms with Gasteiger partial charge in [0.1, 0.15) is 15.8 Å². The Labute approximate surface area is 187 Å². The van der Waals surface area contributed by atoms with Gasteiger partial charge in [-0.2, -0.15) is 0 Å². The number of aryl methyl sites for hydroxylation is 2. The zero-order valence-corrected chi connectivity index (χ0v) is 18.9. The molecule has 0 atom stereocenters. The van der Waals surface area contributed by atoms with Gasteiger partial charge in [0.25, 0.3) is 5.91 Å². The van der Waals surface area contributed by atoms with Crippen LogP contribution in [0, 0.1) is 13.8 Å². The molecule has 1 amide bonds. The van der Waals surface area contributed by atoms with E-state index in [4.69, 9.17) is 21.7 Å². The fraction of sp³-hybridized carbons (Fsp3) is 0.250. The van der Waals surface area contributed by atoms with Crippen molar-refractivity contribution >= 4 is 40.3 Å². The molecule has 1 saturated heterocycles. The van der Waals surface area contributed by atoms with Gasteiger partial charge in [-0.1, -0.05) is 59.9 Å². The molecule has 0 radical (unpaired) electrons. The lowest BCUT2D eigenvalue weighted by Gasteiger charge is -2.11. The summed E-state index contributed by atoms with van der Waals surface area (Å²) in [4.78, 5) is 14.6. The number of thioether (sulfide) groups is 1. The average Bonchev–Trinajstić information content (AvgIpc) is 2.97. The van der Waals surface area contributed by atoms with Crippen molar-refractivity contribution < 1.29 is 14.3 Å². The summed E-state index contributed by atoms with van der Waals surface area (Å²) >= 11 is 6.59. The number of hydrogen-bond donors (Lipinski definition) is 0. The molecular formula is C24H25NO3S2. The summed E-state index contributed by atoms with van der Waals surface area (Å²) in [6, 6.07) is 13.9. The van der Waals surface area contributed by atoms with E-state index < -0.39 is 0 Å². The highest BCUT2D eigenvalue weighted by Gasteiger charge is 2.30. The third kappa shape index (κ3) is 5.74. The van der Waals surface area contributed by atoms with E-state index in [1.807, 2.05) is 36.4 Å². The van der Waals surface area contributed by atoms with Crippen LogP contribution in [0.1, 0.15) is 23.1 Å². The van der Waals surface area contributed by atoms with Gasteiger partial charge in [0, 0.05) is 13.0 Å². The second-order valence-corrected chi connectivity index (χ2v) is 8.65. The second-order valence-electron chi connectivity index (χ2n) is 6.97. The smallest absolute Gasteiger partial charge is 0.266 e. The maximum Gasteiger partial charge on any atom is 0.266 e. The average molecular weight is 440 g/mol. The number of rotatable bonds is 9. The summed E-state index contributed by atoms with van der Waals surface area (Å²) in [5.41, 5.74) is 3.27. The van der Waals surface area contributed by atoms with Crippen LogP contribution in [0.5, 0.6) is 11.5 Å². The molecule has 30 heavy (non-hydrogen) atoms. The van der Waals surface area contributed by atoms with Crippen LogP contribution < -0.4 is 9.47 Å². The number of thiocarbonyl (C=S) groups is 1. The van der Waals surface area contributed by atoms with Crippen LogP contribution in [0.25, 0.3) is 6.08 Å². The summed E-state index contributed by atoms with van der Waals surface area (Å²) in [6.45, 7) is 9.36. The van der Waals surface area contributed by atoms with E-state index in [0.717, 1.165) is 29.0 Å². The Morgan fingerprint density at radius 2 is 1.93 bits per heavy atom. The number of carbonyl (C=O) groups excluding carboxylic acids is 1. The Morgan fingerprint density at radius 3 is 2.70 bits per heavy atom. The Bertz CT molecular complexity index is 984. The highest BCUT2D eigenvalue weighted by atomic mass is 32.2. The van der Waals surface area contributed by atoms with Crippen molar-refractivity contribution in [1.29, 1.82) is 0 Å². The first kappa shape index (κ1) is 22.1. The number of carbonyl (C=O) groups is 1. The van der Waals surface area contributed by atoms with Crippen LogP contribution in [0.15, 0.2) is 60.0 Å². The molecule has 1 aliphatic heterocycles. The van der Waals surface area contributed by atoms with E-state index >= 15 is 0 Å². The van der Waals surface area contributed by atoms with Crippen molar-refractivity contribution in [2.24, 2.45) is 0 Å². The third-order valence-electron chi connectivity index (χ3n) is 4.49. The number of nitrogens with zero attached hydrogens (tertiary/aromatic N) is 1. The number of ether oxygens (including phenoxy) is 2. The van der Waals surface area contributed by atoms with Crippen LogP contribution in [0.3, 0.4) is 0 Å². The fourth-order valence-electron chi connectivity index (χ4n) is 3.02. The zero-order valence-electron chi connectivity index (χ0n) is 17.2. The van der Waals surface area contributed by atoms with Crippen molar-refractivity contribution in [2.75, 3.05) is 19.8 Å². The van der Waals surface area contributed by atoms with Gasteiger partial charge in [-0.25, -0.2) is 0 Å². The van der Waals surface area contributed by atoms with Gasteiger partial charge in [0.05, 0.1) is 18.1 Å². The molecule has 1 heterocycles. The van der Waals surface area contributed by atoms with E-state index in [2.05, 4.69) is 32.6 Å². The summed E-state index contributed by atoms with van der Waals surface area (Å²) in [6.07, 6.45) is 4.29. The summed E-state index contributed by atoms with van der Waals surface area (Å²) in [7, 11) is 0. The molecule has 0 spiro atoms.